The van der Waals surface area contributed by atoms with E-state index < -0.39 is 23.4 Å². The standard InChI is InChI=1S/C18H14F2N4O3/c19-13-6-4-11(5-7-13)15-23-18(27-24-15)17(26)22-9-8-21-16(25)12-2-1-3-14(20)10-12/h1-7,10H,8-9H2,(H,21,25)(H,22,26). The van der Waals surface area contributed by atoms with E-state index in [1.165, 1.54) is 42.5 Å². The van der Waals surface area contributed by atoms with Crippen molar-refractivity contribution in [2.45, 2.75) is 0 Å². The molecule has 0 saturated carbocycles. The van der Waals surface area contributed by atoms with E-state index in [2.05, 4.69) is 20.8 Å². The van der Waals surface area contributed by atoms with E-state index in [1.807, 2.05) is 0 Å². The average molecular weight is 372 g/mol. The van der Waals surface area contributed by atoms with E-state index in [9.17, 15) is 18.4 Å². The molecule has 1 aromatic heterocycles. The molecular formula is C18H14F2N4O3. The number of benzene rings is 2. The number of carbonyl (C=O) groups is 2. The first kappa shape index (κ1) is 18.2. The van der Waals surface area contributed by atoms with Gasteiger partial charge in [-0.25, -0.2) is 8.78 Å². The Morgan fingerprint density at radius 3 is 2.33 bits per heavy atom. The minimum Gasteiger partial charge on any atom is -0.350 e. The fourth-order valence-electron chi connectivity index (χ4n) is 2.19. The van der Waals surface area contributed by atoms with E-state index in [4.69, 9.17) is 4.52 Å². The molecule has 0 aliphatic rings. The molecular weight excluding hydrogens is 358 g/mol. The summed E-state index contributed by atoms with van der Waals surface area (Å²) in [4.78, 5) is 27.8. The Hall–Kier alpha value is -3.62. The first-order valence-corrected chi connectivity index (χ1v) is 7.94. The molecule has 2 aromatic carbocycles. The van der Waals surface area contributed by atoms with Gasteiger partial charge >= 0.3 is 11.8 Å². The molecule has 0 atom stereocenters. The highest BCUT2D eigenvalue weighted by atomic mass is 19.1. The molecule has 3 aromatic rings. The highest BCUT2D eigenvalue weighted by molar-refractivity contribution is 5.94. The third-order valence-electron chi connectivity index (χ3n) is 3.51. The van der Waals surface area contributed by atoms with Crippen LogP contribution in [-0.2, 0) is 0 Å². The minimum atomic E-state index is -0.615. The average Bonchev–Trinajstić information content (AvgIpc) is 3.16. The van der Waals surface area contributed by atoms with Crippen LogP contribution in [0.25, 0.3) is 11.4 Å². The van der Waals surface area contributed by atoms with Crippen LogP contribution in [0.2, 0.25) is 0 Å². The van der Waals surface area contributed by atoms with E-state index in [1.54, 1.807) is 0 Å². The maximum absolute atomic E-state index is 13.1. The molecule has 0 spiro atoms. The summed E-state index contributed by atoms with van der Waals surface area (Å²) in [6, 6.07) is 10.7. The first-order chi connectivity index (χ1) is 13.0. The summed E-state index contributed by atoms with van der Waals surface area (Å²) in [6.07, 6.45) is 0. The molecule has 1 heterocycles. The highest BCUT2D eigenvalue weighted by Gasteiger charge is 2.16. The number of aromatic nitrogens is 2. The number of carbonyl (C=O) groups excluding carboxylic acids is 2. The van der Waals surface area contributed by atoms with Crippen molar-refractivity contribution in [3.8, 4) is 11.4 Å². The lowest BCUT2D eigenvalue weighted by Crippen LogP contribution is -2.34. The van der Waals surface area contributed by atoms with Crippen LogP contribution in [-0.4, -0.2) is 35.0 Å². The first-order valence-electron chi connectivity index (χ1n) is 7.94. The van der Waals surface area contributed by atoms with E-state index >= 15 is 0 Å². The second kappa shape index (κ2) is 8.17. The number of amides is 2. The summed E-state index contributed by atoms with van der Waals surface area (Å²) in [5.74, 6) is -2.09. The Kier molecular flexibility index (Phi) is 5.50. The van der Waals surface area contributed by atoms with Crippen molar-refractivity contribution in [1.29, 1.82) is 0 Å². The van der Waals surface area contributed by atoms with Crippen LogP contribution in [0.5, 0.6) is 0 Å². The fourth-order valence-corrected chi connectivity index (χ4v) is 2.19. The summed E-state index contributed by atoms with van der Waals surface area (Å²) < 4.78 is 30.9. The predicted octanol–water partition coefficient (Wildman–Crippen LogP) is 2.17. The summed E-state index contributed by atoms with van der Waals surface area (Å²) in [5.41, 5.74) is 0.684. The number of hydrogen-bond donors (Lipinski definition) is 2. The third-order valence-corrected chi connectivity index (χ3v) is 3.51. The molecule has 0 radical (unpaired) electrons. The van der Waals surface area contributed by atoms with Gasteiger partial charge in [0.25, 0.3) is 5.91 Å². The van der Waals surface area contributed by atoms with E-state index in [0.29, 0.717) is 5.56 Å². The van der Waals surface area contributed by atoms with Crippen molar-refractivity contribution in [3.05, 3.63) is 71.6 Å². The van der Waals surface area contributed by atoms with Crippen LogP contribution in [0.1, 0.15) is 21.0 Å². The normalized spacial score (nSPS) is 10.4. The predicted molar refractivity (Wildman–Crippen MR) is 90.8 cm³/mol. The van der Waals surface area contributed by atoms with Crippen molar-refractivity contribution >= 4 is 11.8 Å². The van der Waals surface area contributed by atoms with Gasteiger partial charge in [0.15, 0.2) is 0 Å². The lowest BCUT2D eigenvalue weighted by Gasteiger charge is -2.05. The Morgan fingerprint density at radius 2 is 1.63 bits per heavy atom. The monoisotopic (exact) mass is 372 g/mol. The van der Waals surface area contributed by atoms with Crippen LogP contribution in [0.3, 0.4) is 0 Å². The molecule has 138 valence electrons. The smallest absolute Gasteiger partial charge is 0.316 e. The molecule has 27 heavy (non-hydrogen) atoms. The SMILES string of the molecule is O=C(NCCNC(=O)c1nc(-c2ccc(F)cc2)no1)c1cccc(F)c1. The van der Waals surface area contributed by atoms with Gasteiger partial charge in [-0.3, -0.25) is 9.59 Å². The summed E-state index contributed by atoms with van der Waals surface area (Å²) >= 11 is 0. The molecule has 7 nitrogen and oxygen atoms in total. The summed E-state index contributed by atoms with van der Waals surface area (Å²) in [5, 5.41) is 8.72. The van der Waals surface area contributed by atoms with Crippen molar-refractivity contribution in [1.82, 2.24) is 20.8 Å². The maximum Gasteiger partial charge on any atom is 0.316 e. The van der Waals surface area contributed by atoms with Crippen LogP contribution < -0.4 is 10.6 Å². The number of halogens is 2. The van der Waals surface area contributed by atoms with E-state index in [0.717, 1.165) is 6.07 Å². The van der Waals surface area contributed by atoms with Crippen molar-refractivity contribution in [2.75, 3.05) is 13.1 Å². The lowest BCUT2D eigenvalue weighted by molar-refractivity contribution is 0.0898. The minimum absolute atomic E-state index is 0.105. The van der Waals surface area contributed by atoms with Gasteiger partial charge in [0.2, 0.25) is 5.82 Å². The van der Waals surface area contributed by atoms with Gasteiger partial charge in [-0.2, -0.15) is 4.98 Å². The van der Waals surface area contributed by atoms with Gasteiger partial charge < -0.3 is 15.2 Å². The largest absolute Gasteiger partial charge is 0.350 e. The van der Waals surface area contributed by atoms with Crippen LogP contribution in [0.4, 0.5) is 8.78 Å². The molecule has 0 saturated heterocycles. The number of nitrogens with zero attached hydrogens (tertiary/aromatic N) is 2. The van der Waals surface area contributed by atoms with Crippen LogP contribution >= 0.6 is 0 Å². The molecule has 0 bridgehead atoms. The number of rotatable bonds is 6. The maximum atomic E-state index is 13.1. The molecule has 0 aliphatic carbocycles. The Balaban J connectivity index is 1.48. The van der Waals surface area contributed by atoms with Gasteiger partial charge in [0, 0.05) is 24.2 Å². The van der Waals surface area contributed by atoms with Crippen molar-refractivity contribution < 1.29 is 22.9 Å². The summed E-state index contributed by atoms with van der Waals surface area (Å²) in [7, 11) is 0. The fraction of sp³-hybridized carbons (Fsp3) is 0.111. The molecule has 0 unspecified atom stereocenters. The van der Waals surface area contributed by atoms with Gasteiger partial charge in [-0.1, -0.05) is 11.2 Å². The molecule has 0 aliphatic heterocycles. The number of nitrogens with one attached hydrogen (secondary N) is 2. The lowest BCUT2D eigenvalue weighted by atomic mass is 10.2. The molecule has 3 rings (SSSR count). The van der Waals surface area contributed by atoms with Crippen LogP contribution in [0.15, 0.2) is 53.1 Å². The highest BCUT2D eigenvalue weighted by Crippen LogP contribution is 2.15. The van der Waals surface area contributed by atoms with Crippen molar-refractivity contribution in [3.63, 3.8) is 0 Å². The zero-order valence-electron chi connectivity index (χ0n) is 13.9. The summed E-state index contributed by atoms with van der Waals surface area (Å²) in [6.45, 7) is 0.230. The zero-order valence-corrected chi connectivity index (χ0v) is 13.9. The Bertz CT molecular complexity index is 957. The van der Waals surface area contributed by atoms with E-state index in [-0.39, 0.29) is 30.4 Å². The molecule has 2 N–H and O–H groups in total. The molecule has 0 fully saturated rings. The number of hydrogen-bond acceptors (Lipinski definition) is 5. The van der Waals surface area contributed by atoms with Crippen molar-refractivity contribution in [2.24, 2.45) is 0 Å². The van der Waals surface area contributed by atoms with Gasteiger partial charge in [-0.05, 0) is 42.5 Å². The third kappa shape index (κ3) is 4.72. The second-order valence-electron chi connectivity index (χ2n) is 5.45. The molecule has 9 heteroatoms. The Morgan fingerprint density at radius 1 is 0.926 bits per heavy atom. The van der Waals surface area contributed by atoms with Gasteiger partial charge in [-0.15, -0.1) is 0 Å². The Labute approximate surface area is 152 Å². The van der Waals surface area contributed by atoms with Gasteiger partial charge in [0.05, 0.1) is 0 Å². The quantitative estimate of drug-likeness (QED) is 0.647. The zero-order chi connectivity index (χ0) is 19.2. The molecule has 2 amide bonds. The van der Waals surface area contributed by atoms with Gasteiger partial charge in [0.1, 0.15) is 11.6 Å². The van der Waals surface area contributed by atoms with Crippen LogP contribution in [0, 0.1) is 11.6 Å². The topological polar surface area (TPSA) is 97.1 Å². The second-order valence-corrected chi connectivity index (χ2v) is 5.45.